The molecule has 2 radical (unpaired) electrons. The van der Waals surface area contributed by atoms with E-state index >= 15 is 0 Å². The largest absolute Gasteiger partial charge is 0.387 e. The molecule has 0 aliphatic carbocycles. The highest BCUT2D eigenvalue weighted by Crippen LogP contribution is 2.15. The summed E-state index contributed by atoms with van der Waals surface area (Å²) in [5.74, 6) is 0. The normalized spacial score (nSPS) is 17.0. The lowest BCUT2D eigenvalue weighted by Gasteiger charge is -2.19. The summed E-state index contributed by atoms with van der Waals surface area (Å²) in [4.78, 5) is 9.85. The van der Waals surface area contributed by atoms with Crippen molar-refractivity contribution in [3.8, 4) is 0 Å². The lowest BCUT2D eigenvalue weighted by atomic mass is 10.1. The molecule has 0 amide bonds. The first kappa shape index (κ1) is 10.5. The fourth-order valence-corrected chi connectivity index (χ4v) is 0.450. The van der Waals surface area contributed by atoms with Gasteiger partial charge in [0.15, 0.2) is 12.4 Å². The van der Waals surface area contributed by atoms with Gasteiger partial charge >= 0.3 is 0 Å². The summed E-state index contributed by atoms with van der Waals surface area (Å²) < 4.78 is 0. The molecule has 0 saturated carbocycles. The van der Waals surface area contributed by atoms with Gasteiger partial charge in [-0.1, -0.05) is 0 Å². The molecule has 5 heteroatoms. The van der Waals surface area contributed by atoms with Crippen LogP contribution >= 0.6 is 0 Å². The second-order valence-electron chi connectivity index (χ2n) is 2.04. The lowest BCUT2D eigenvalue weighted by Crippen LogP contribution is -2.35. The predicted octanol–water partition coefficient (Wildman–Crippen LogP) is -1.26. The molecule has 0 unspecified atom stereocenters. The van der Waals surface area contributed by atoms with Crippen LogP contribution < -0.4 is 0 Å². The smallest absolute Gasteiger partial charge is 0.159 e. The second kappa shape index (κ2) is 4.40. The molecular weight excluding hydrogens is 152 g/mol. The van der Waals surface area contributed by atoms with E-state index in [9.17, 15) is 4.79 Å². The maximum absolute atomic E-state index is 9.85. The quantitative estimate of drug-likeness (QED) is 0.386. The summed E-state index contributed by atoms with van der Waals surface area (Å²) in [6, 6.07) is 0. The van der Waals surface area contributed by atoms with Gasteiger partial charge in [0.25, 0.3) is 0 Å². The summed E-state index contributed by atoms with van der Waals surface area (Å²) >= 11 is 0. The molecule has 4 N–H and O–H groups in total. The Bertz CT molecular complexity index is 124. The molecule has 0 heterocycles. The average molecular weight is 162 g/mol. The summed E-state index contributed by atoms with van der Waals surface area (Å²) in [6.07, 6.45) is -4.73. The number of aliphatic hydroxyl groups excluding tert-OH is 4. The molecule has 0 aromatic heterocycles. The fraction of sp³-hybridized carbons (Fsp3) is 0.500. The minimum atomic E-state index is -1.75. The Morgan fingerprint density at radius 1 is 1.36 bits per heavy atom. The van der Waals surface area contributed by atoms with Crippen LogP contribution in [-0.4, -0.2) is 38.9 Å². The second-order valence-corrected chi connectivity index (χ2v) is 2.04. The molecule has 5 nitrogen and oxygen atoms in total. The van der Waals surface area contributed by atoms with Crippen molar-refractivity contribution in [1.29, 1.82) is 0 Å². The van der Waals surface area contributed by atoms with E-state index < -0.39 is 24.4 Å². The third-order valence-electron chi connectivity index (χ3n) is 1.11. The lowest BCUT2D eigenvalue weighted by molar-refractivity contribution is -0.121. The Labute approximate surface area is 63.9 Å². The van der Waals surface area contributed by atoms with Crippen LogP contribution in [0.4, 0.5) is 0 Å². The van der Waals surface area contributed by atoms with Gasteiger partial charge < -0.3 is 25.2 Å². The monoisotopic (exact) mass is 162 g/mol. The van der Waals surface area contributed by atoms with Gasteiger partial charge in [-0.15, -0.1) is 0 Å². The Morgan fingerprint density at radius 2 is 1.82 bits per heavy atom. The van der Waals surface area contributed by atoms with E-state index in [0.29, 0.717) is 0 Å². The average Bonchev–Trinajstić information content (AvgIpc) is 2.00. The predicted molar refractivity (Wildman–Crippen MR) is 34.1 cm³/mol. The van der Waals surface area contributed by atoms with E-state index in [1.165, 1.54) is 0 Å². The van der Waals surface area contributed by atoms with Gasteiger partial charge in [-0.3, -0.25) is 0 Å². The zero-order valence-corrected chi connectivity index (χ0v) is 5.93. The summed E-state index contributed by atoms with van der Waals surface area (Å²) in [5.41, 5.74) is 0. The van der Waals surface area contributed by atoms with Gasteiger partial charge in [0.2, 0.25) is 0 Å². The Balaban J connectivity index is 4.00. The fourth-order valence-electron chi connectivity index (χ4n) is 0.450. The molecule has 0 aliphatic heterocycles. The molecule has 0 rings (SSSR count). The minimum absolute atomic E-state index is 0.0594. The maximum Gasteiger partial charge on any atom is 0.159 e. The van der Waals surface area contributed by atoms with Crippen LogP contribution in [0.15, 0.2) is 0 Å². The van der Waals surface area contributed by atoms with E-state index in [2.05, 4.69) is 0 Å². The maximum atomic E-state index is 9.85. The first-order valence-corrected chi connectivity index (χ1v) is 2.90. The summed E-state index contributed by atoms with van der Waals surface area (Å²) in [7, 11) is 0. The highest BCUT2D eigenvalue weighted by atomic mass is 16.4. The van der Waals surface area contributed by atoms with Crippen LogP contribution in [-0.2, 0) is 4.79 Å². The van der Waals surface area contributed by atoms with E-state index in [-0.39, 0.29) is 6.29 Å². The van der Waals surface area contributed by atoms with Crippen LogP contribution in [0.3, 0.4) is 0 Å². The van der Waals surface area contributed by atoms with Crippen molar-refractivity contribution in [3.05, 3.63) is 12.2 Å². The van der Waals surface area contributed by atoms with Gasteiger partial charge in [-0.25, -0.2) is 0 Å². The number of hydrogen-bond acceptors (Lipinski definition) is 5. The standard InChI is InChI=1S/C6H10O5/c1-3(8)5(10)6(11)4(9)2-7/h2,4,6,8-11H,1H3/t4-,6-/m0/s1. The molecule has 0 aliphatic rings. The Hall–Kier alpha value is -0.490. The van der Waals surface area contributed by atoms with Crippen molar-refractivity contribution < 1.29 is 25.2 Å². The first-order chi connectivity index (χ1) is 5.00. The van der Waals surface area contributed by atoms with Crippen molar-refractivity contribution in [2.45, 2.75) is 19.1 Å². The van der Waals surface area contributed by atoms with Gasteiger partial charge in [-0.05, 0) is 6.92 Å². The SMILES string of the molecule is C[C](O)[C](O)[C@@H](O)[C@@H](O)C=O. The van der Waals surface area contributed by atoms with Crippen LogP contribution in [0.1, 0.15) is 6.92 Å². The number of aliphatic hydroxyl groups is 4. The molecule has 64 valence electrons. The summed E-state index contributed by atoms with van der Waals surface area (Å²) in [6.45, 7) is 1.12. The van der Waals surface area contributed by atoms with Crippen LogP contribution in [0.25, 0.3) is 0 Å². The summed E-state index contributed by atoms with van der Waals surface area (Å²) in [5, 5.41) is 34.8. The number of hydrogen-bond donors (Lipinski definition) is 4. The van der Waals surface area contributed by atoms with Crippen LogP contribution in [0.5, 0.6) is 0 Å². The molecule has 0 spiro atoms. The van der Waals surface area contributed by atoms with E-state index in [4.69, 9.17) is 20.4 Å². The van der Waals surface area contributed by atoms with Gasteiger partial charge in [-0.2, -0.15) is 0 Å². The van der Waals surface area contributed by atoms with Crippen LogP contribution in [0, 0.1) is 12.2 Å². The zero-order valence-electron chi connectivity index (χ0n) is 5.93. The molecular formula is C6H10O5. The van der Waals surface area contributed by atoms with Gasteiger partial charge in [0.05, 0.1) is 0 Å². The molecule has 2 atom stereocenters. The highest BCUT2D eigenvalue weighted by Gasteiger charge is 2.29. The molecule has 0 aromatic rings. The third kappa shape index (κ3) is 2.94. The van der Waals surface area contributed by atoms with E-state index in [1.54, 1.807) is 0 Å². The third-order valence-corrected chi connectivity index (χ3v) is 1.11. The molecule has 11 heavy (non-hydrogen) atoms. The van der Waals surface area contributed by atoms with Crippen molar-refractivity contribution in [1.82, 2.24) is 0 Å². The van der Waals surface area contributed by atoms with Gasteiger partial charge in [0.1, 0.15) is 18.3 Å². The topological polar surface area (TPSA) is 98.0 Å². The number of rotatable bonds is 4. The Morgan fingerprint density at radius 3 is 2.09 bits per heavy atom. The van der Waals surface area contributed by atoms with Gasteiger partial charge in [0, 0.05) is 0 Å². The minimum Gasteiger partial charge on any atom is -0.387 e. The van der Waals surface area contributed by atoms with E-state index in [1.807, 2.05) is 0 Å². The van der Waals surface area contributed by atoms with Crippen molar-refractivity contribution in [2.75, 3.05) is 0 Å². The zero-order chi connectivity index (χ0) is 9.02. The number of aldehydes is 1. The molecule has 0 bridgehead atoms. The highest BCUT2D eigenvalue weighted by molar-refractivity contribution is 5.57. The number of carbonyl (C=O) groups excluding carboxylic acids is 1. The van der Waals surface area contributed by atoms with Crippen molar-refractivity contribution in [2.24, 2.45) is 0 Å². The van der Waals surface area contributed by atoms with Crippen LogP contribution in [0.2, 0.25) is 0 Å². The molecule has 0 fully saturated rings. The van der Waals surface area contributed by atoms with Crippen molar-refractivity contribution in [3.63, 3.8) is 0 Å². The first-order valence-electron chi connectivity index (χ1n) is 2.90. The molecule has 0 saturated heterocycles. The van der Waals surface area contributed by atoms with E-state index in [0.717, 1.165) is 6.92 Å². The molecule has 0 aromatic carbocycles. The van der Waals surface area contributed by atoms with Crippen molar-refractivity contribution >= 4 is 6.29 Å². The Kier molecular flexibility index (Phi) is 4.20. The number of carbonyl (C=O) groups is 1.